The summed E-state index contributed by atoms with van der Waals surface area (Å²) in [4.78, 5) is 19.0. The number of hydrogen-bond donors (Lipinski definition) is 1. The molecule has 3 saturated heterocycles. The second-order valence-corrected chi connectivity index (χ2v) is 7.98. The number of pyridine rings is 1. The molecule has 1 amide bonds. The van der Waals surface area contributed by atoms with Gasteiger partial charge in [0.1, 0.15) is 0 Å². The van der Waals surface area contributed by atoms with Gasteiger partial charge in [0.25, 0.3) is 5.91 Å². The number of aromatic nitrogens is 1. The molecular weight excluding hydrogens is 330 g/mol. The number of amides is 1. The maximum atomic E-state index is 12.4. The van der Waals surface area contributed by atoms with Gasteiger partial charge in [0.05, 0.1) is 11.2 Å². The fourth-order valence-electron chi connectivity index (χ4n) is 4.58. The molecule has 142 valence electrons. The molecule has 1 spiro atoms. The maximum absolute atomic E-state index is 12.4. The third kappa shape index (κ3) is 4.24. The van der Waals surface area contributed by atoms with Crippen molar-refractivity contribution in [2.75, 3.05) is 39.5 Å². The molecule has 0 bridgehead atoms. The van der Waals surface area contributed by atoms with Gasteiger partial charge in [-0.1, -0.05) is 0 Å². The van der Waals surface area contributed by atoms with Crippen molar-refractivity contribution in [2.45, 2.75) is 43.7 Å². The Morgan fingerprint density at radius 1 is 1.31 bits per heavy atom. The van der Waals surface area contributed by atoms with Crippen LogP contribution in [0.15, 0.2) is 24.5 Å². The minimum Gasteiger partial charge on any atom is -0.381 e. The number of ether oxygens (including phenoxy) is 2. The fraction of sp³-hybridized carbons (Fsp3) is 0.700. The number of nitrogens with zero attached hydrogens (tertiary/aromatic N) is 2. The van der Waals surface area contributed by atoms with Gasteiger partial charge in [-0.3, -0.25) is 9.78 Å². The van der Waals surface area contributed by atoms with Crippen LogP contribution < -0.4 is 5.32 Å². The van der Waals surface area contributed by atoms with Crippen molar-refractivity contribution in [3.63, 3.8) is 0 Å². The van der Waals surface area contributed by atoms with E-state index in [0.717, 1.165) is 64.6 Å². The minimum absolute atomic E-state index is 0.0304. The quantitative estimate of drug-likeness (QED) is 0.889. The van der Waals surface area contributed by atoms with Gasteiger partial charge in [-0.2, -0.15) is 0 Å². The zero-order chi connectivity index (χ0) is 17.8. The summed E-state index contributed by atoms with van der Waals surface area (Å²) in [5.74, 6) is 0.723. The molecule has 2 atom stereocenters. The summed E-state index contributed by atoms with van der Waals surface area (Å²) >= 11 is 0. The molecule has 26 heavy (non-hydrogen) atoms. The number of carbonyl (C=O) groups is 1. The molecule has 3 fully saturated rings. The van der Waals surface area contributed by atoms with Gasteiger partial charge in [-0.15, -0.1) is 0 Å². The third-order valence-corrected chi connectivity index (χ3v) is 6.00. The standard InChI is InChI=1S/C20H29N3O3/c24-19(17-2-1-7-21-13-17)22-18-5-11-26-20(12-18)6-8-23(15-20)14-16-3-9-25-10-4-16/h1-2,7,13,16,18H,3-6,8-12,14-15H2,(H,22,24)/t18-,20-/m1/s1. The van der Waals surface area contributed by atoms with E-state index in [1.807, 2.05) is 6.07 Å². The SMILES string of the molecule is O=C(N[C@@H]1CCO[C@]2(CCN(CC3CCOCC3)C2)C1)c1cccnc1. The lowest BCUT2D eigenvalue weighted by molar-refractivity contribution is -0.0799. The first-order valence-corrected chi connectivity index (χ1v) is 9.87. The van der Waals surface area contributed by atoms with E-state index < -0.39 is 0 Å². The Balaban J connectivity index is 1.31. The van der Waals surface area contributed by atoms with Crippen molar-refractivity contribution < 1.29 is 14.3 Å². The highest BCUT2D eigenvalue weighted by Gasteiger charge is 2.43. The predicted molar refractivity (Wildman–Crippen MR) is 98.0 cm³/mol. The topological polar surface area (TPSA) is 63.7 Å². The van der Waals surface area contributed by atoms with Gasteiger partial charge in [0, 0.05) is 57.9 Å². The summed E-state index contributed by atoms with van der Waals surface area (Å²) in [7, 11) is 0. The van der Waals surface area contributed by atoms with E-state index in [9.17, 15) is 4.79 Å². The van der Waals surface area contributed by atoms with Crippen LogP contribution in [0, 0.1) is 5.92 Å². The summed E-state index contributed by atoms with van der Waals surface area (Å²) in [6, 6.07) is 3.79. The molecule has 1 aromatic heterocycles. The Morgan fingerprint density at radius 2 is 2.19 bits per heavy atom. The maximum Gasteiger partial charge on any atom is 0.253 e. The van der Waals surface area contributed by atoms with E-state index in [-0.39, 0.29) is 17.6 Å². The minimum atomic E-state index is -0.0870. The zero-order valence-electron chi connectivity index (χ0n) is 15.4. The zero-order valence-corrected chi connectivity index (χ0v) is 15.4. The van der Waals surface area contributed by atoms with Crippen LogP contribution in [0.3, 0.4) is 0 Å². The molecule has 0 aliphatic carbocycles. The molecule has 6 nitrogen and oxygen atoms in total. The third-order valence-electron chi connectivity index (χ3n) is 6.00. The summed E-state index contributed by atoms with van der Waals surface area (Å²) < 4.78 is 11.7. The van der Waals surface area contributed by atoms with E-state index in [2.05, 4.69) is 15.2 Å². The first-order valence-electron chi connectivity index (χ1n) is 9.87. The Bertz CT molecular complexity index is 606. The molecule has 1 N–H and O–H groups in total. The van der Waals surface area contributed by atoms with Crippen LogP contribution in [0.2, 0.25) is 0 Å². The molecule has 0 radical (unpaired) electrons. The Labute approximate surface area is 155 Å². The van der Waals surface area contributed by atoms with E-state index in [1.165, 1.54) is 12.8 Å². The molecule has 1 aromatic rings. The molecule has 3 aliphatic heterocycles. The highest BCUT2D eigenvalue weighted by Crippen LogP contribution is 2.35. The summed E-state index contributed by atoms with van der Waals surface area (Å²) in [6.07, 6.45) is 8.51. The monoisotopic (exact) mass is 359 g/mol. The molecule has 4 rings (SSSR count). The van der Waals surface area contributed by atoms with Gasteiger partial charge in [-0.05, 0) is 50.2 Å². The van der Waals surface area contributed by atoms with E-state index in [0.29, 0.717) is 5.56 Å². The van der Waals surface area contributed by atoms with Crippen LogP contribution in [0.1, 0.15) is 42.5 Å². The molecule has 3 aliphatic rings. The Hall–Kier alpha value is -1.50. The molecule has 0 saturated carbocycles. The number of rotatable bonds is 4. The molecule has 0 aromatic carbocycles. The van der Waals surface area contributed by atoms with Crippen LogP contribution in [0.4, 0.5) is 0 Å². The van der Waals surface area contributed by atoms with Crippen molar-refractivity contribution in [2.24, 2.45) is 5.92 Å². The number of hydrogen-bond acceptors (Lipinski definition) is 5. The van der Waals surface area contributed by atoms with Gasteiger partial charge in [0.15, 0.2) is 0 Å². The van der Waals surface area contributed by atoms with Crippen molar-refractivity contribution >= 4 is 5.91 Å². The highest BCUT2D eigenvalue weighted by atomic mass is 16.5. The molecule has 6 heteroatoms. The Kier molecular flexibility index (Phi) is 5.52. The fourth-order valence-corrected chi connectivity index (χ4v) is 4.58. The van der Waals surface area contributed by atoms with Gasteiger partial charge < -0.3 is 19.7 Å². The summed E-state index contributed by atoms with van der Waals surface area (Å²) in [5.41, 5.74) is 0.539. The lowest BCUT2D eigenvalue weighted by atomic mass is 9.89. The smallest absolute Gasteiger partial charge is 0.253 e. The summed E-state index contributed by atoms with van der Waals surface area (Å²) in [6.45, 7) is 5.78. The lowest BCUT2D eigenvalue weighted by Crippen LogP contribution is -2.50. The van der Waals surface area contributed by atoms with Crippen LogP contribution in [0.5, 0.6) is 0 Å². The van der Waals surface area contributed by atoms with Gasteiger partial charge in [-0.25, -0.2) is 0 Å². The second kappa shape index (κ2) is 8.03. The molecule has 4 heterocycles. The molecular formula is C20H29N3O3. The van der Waals surface area contributed by atoms with E-state index in [1.54, 1.807) is 18.5 Å². The number of likely N-dealkylation sites (tertiary alicyclic amines) is 1. The van der Waals surface area contributed by atoms with Crippen LogP contribution >= 0.6 is 0 Å². The predicted octanol–water partition coefficient (Wildman–Crippen LogP) is 1.86. The van der Waals surface area contributed by atoms with E-state index in [4.69, 9.17) is 9.47 Å². The van der Waals surface area contributed by atoms with Gasteiger partial charge in [0.2, 0.25) is 0 Å². The number of nitrogens with one attached hydrogen (secondary N) is 1. The van der Waals surface area contributed by atoms with Crippen LogP contribution in [-0.2, 0) is 9.47 Å². The molecule has 0 unspecified atom stereocenters. The number of carbonyl (C=O) groups excluding carboxylic acids is 1. The van der Waals surface area contributed by atoms with Crippen molar-refractivity contribution in [1.29, 1.82) is 0 Å². The lowest BCUT2D eigenvalue weighted by Gasteiger charge is -2.39. The van der Waals surface area contributed by atoms with Crippen LogP contribution in [-0.4, -0.2) is 66.9 Å². The summed E-state index contributed by atoms with van der Waals surface area (Å²) in [5, 5.41) is 3.19. The highest BCUT2D eigenvalue weighted by molar-refractivity contribution is 5.94. The van der Waals surface area contributed by atoms with E-state index >= 15 is 0 Å². The largest absolute Gasteiger partial charge is 0.381 e. The second-order valence-electron chi connectivity index (χ2n) is 7.98. The first kappa shape index (κ1) is 17.9. The normalized spacial score (nSPS) is 30.5. The van der Waals surface area contributed by atoms with Gasteiger partial charge >= 0.3 is 0 Å². The van der Waals surface area contributed by atoms with Crippen LogP contribution in [0.25, 0.3) is 0 Å². The average molecular weight is 359 g/mol. The average Bonchev–Trinajstić information content (AvgIpc) is 3.05. The van der Waals surface area contributed by atoms with Crippen molar-refractivity contribution in [1.82, 2.24) is 15.2 Å². The first-order chi connectivity index (χ1) is 12.7. The Morgan fingerprint density at radius 3 is 3.00 bits per heavy atom. The van der Waals surface area contributed by atoms with Crippen molar-refractivity contribution in [3.05, 3.63) is 30.1 Å². The van der Waals surface area contributed by atoms with Crippen molar-refractivity contribution in [3.8, 4) is 0 Å².